The Balaban J connectivity index is -0.0000000389. The third kappa shape index (κ3) is 56.0. The molecule has 0 spiro atoms. The maximum Gasteiger partial charge on any atom is 4.00 e. The van der Waals surface area contributed by atoms with Gasteiger partial charge in [-0.1, -0.05) is 107 Å². The van der Waals surface area contributed by atoms with E-state index in [9.17, 15) is 39.6 Å². The van der Waals surface area contributed by atoms with Crippen molar-refractivity contribution in [3.63, 3.8) is 0 Å². The van der Waals surface area contributed by atoms with Crippen LogP contribution in [0.1, 0.15) is 158 Å². The second-order valence-electron chi connectivity index (χ2n) is 10.3. The van der Waals surface area contributed by atoms with E-state index < -0.39 is 23.9 Å². The number of carbonyl (C=O) groups excluding carboxylic acids is 4. The number of carbonyl (C=O) groups is 4. The number of unbranched alkanes of at least 4 members (excludes halogenated alkanes) is 4. The van der Waals surface area contributed by atoms with Gasteiger partial charge in [-0.15, -0.1) is 0 Å². The second kappa shape index (κ2) is 58.6. The van der Waals surface area contributed by atoms with Gasteiger partial charge in [-0.05, 0) is 75.0 Å². The molecule has 12 nitrogen and oxygen atoms in total. The van der Waals surface area contributed by atoms with Gasteiger partial charge in [0.15, 0.2) is 0 Å². The quantitative estimate of drug-likeness (QED) is 0.174. The molecule has 0 aromatic carbocycles. The second-order valence-corrected chi connectivity index (χ2v) is 10.3. The van der Waals surface area contributed by atoms with Crippen molar-refractivity contribution in [1.29, 1.82) is 0 Å². The fourth-order valence-corrected chi connectivity index (χ4v) is 3.76. The molecule has 0 rings (SSSR count). The molecule has 0 heterocycles. The van der Waals surface area contributed by atoms with Gasteiger partial charge in [0, 0.05) is 23.9 Å². The van der Waals surface area contributed by atoms with Gasteiger partial charge in [-0.2, -0.15) is 0 Å². The molecule has 0 amide bonds. The molecule has 4 atom stereocenters. The van der Waals surface area contributed by atoms with Gasteiger partial charge in [0.1, 0.15) is 0 Å². The number of carboxylic acids is 4. The summed E-state index contributed by atoms with van der Waals surface area (Å²) in [7, 11) is 0. The number of aliphatic carboxylic acids is 4. The van der Waals surface area contributed by atoms with Crippen LogP contribution in [0.15, 0.2) is 0 Å². The van der Waals surface area contributed by atoms with Crippen LogP contribution in [-0.4, -0.2) is 23.9 Å². The van der Waals surface area contributed by atoms with Crippen LogP contribution in [0.5, 0.6) is 0 Å². The minimum absolute atomic E-state index is 0. The minimum Gasteiger partial charge on any atom is -2.00 e. The average Bonchev–Trinajstić information content (AvgIpc) is 2.91. The maximum atomic E-state index is 10.3. The van der Waals surface area contributed by atoms with E-state index in [1.165, 1.54) is 0 Å². The maximum absolute atomic E-state index is 10.3. The van der Waals surface area contributed by atoms with Crippen molar-refractivity contribution in [2.45, 2.75) is 158 Å². The first-order chi connectivity index (χ1) is 18.9. The van der Waals surface area contributed by atoms with Gasteiger partial charge in [0.05, 0.1) is 0 Å². The summed E-state index contributed by atoms with van der Waals surface area (Å²) in [6.45, 7) is 15.8. The van der Waals surface area contributed by atoms with Crippen LogP contribution in [0.4, 0.5) is 0 Å². The summed E-state index contributed by atoms with van der Waals surface area (Å²) >= 11 is 0. The van der Waals surface area contributed by atoms with E-state index in [1.807, 2.05) is 27.7 Å². The van der Waals surface area contributed by atoms with Crippen LogP contribution >= 0.6 is 0 Å². The van der Waals surface area contributed by atoms with E-state index in [0.29, 0.717) is 25.7 Å². The summed E-state index contributed by atoms with van der Waals surface area (Å²) in [5, 5.41) is 41.3. The van der Waals surface area contributed by atoms with E-state index >= 15 is 0 Å². The summed E-state index contributed by atoms with van der Waals surface area (Å²) in [4.78, 5) is 41.3. The predicted molar refractivity (Wildman–Crippen MR) is 156 cm³/mol. The smallest absolute Gasteiger partial charge is 2.00 e. The Kier molecular flexibility index (Phi) is 95.9. The molecule has 0 saturated heterocycles. The van der Waals surface area contributed by atoms with Crippen molar-refractivity contribution in [2.75, 3.05) is 0 Å². The molecule has 0 saturated carbocycles. The average molecular weight is 910 g/mol. The van der Waals surface area contributed by atoms with E-state index in [2.05, 4.69) is 27.7 Å². The van der Waals surface area contributed by atoms with Crippen molar-refractivity contribution < 1.29 is 140 Å². The number of hydrogen-bond acceptors (Lipinski definition) is 8. The molecule has 47 heavy (non-hydrogen) atoms. The summed E-state index contributed by atoms with van der Waals surface area (Å²) < 4.78 is 0. The molecule has 4 unspecified atom stereocenters. The molecule has 0 N–H and O–H groups in total. The Bertz CT molecular complexity index is 526. The fourth-order valence-electron chi connectivity index (χ4n) is 3.76. The monoisotopic (exact) mass is 906 g/mol. The summed E-state index contributed by atoms with van der Waals surface area (Å²) in [5.74, 6) is -4.46. The SMILES string of the molecule is CCCCC(CC)C(=O)[O-].CCCCC(CC)C(=O)[O-].CCCCC(CC)C(=O)[O-].CCCCC(CC)C(=O)[O-].[O-2].[O-2].[O-2].[O-2].[Zr+4].[Zr+4].[Zr+4]. The first-order valence-corrected chi connectivity index (χ1v) is 15.7. The van der Waals surface area contributed by atoms with Crippen LogP contribution in [0.2, 0.25) is 0 Å². The molecule has 0 radical (unpaired) electrons. The van der Waals surface area contributed by atoms with Crippen LogP contribution < -0.4 is 20.4 Å². The molecule has 0 aliphatic heterocycles. The molecule has 0 aliphatic carbocycles. The van der Waals surface area contributed by atoms with Crippen LogP contribution in [0.25, 0.3) is 0 Å². The molecular formula is C32H60O12Zr3. The van der Waals surface area contributed by atoms with E-state index in [1.54, 1.807) is 0 Å². The molecule has 0 aromatic rings. The molecule has 0 aromatic heterocycles. The first-order valence-electron chi connectivity index (χ1n) is 15.7. The van der Waals surface area contributed by atoms with Crippen LogP contribution in [0, 0.1) is 23.7 Å². The zero-order valence-electron chi connectivity index (χ0n) is 30.0. The summed E-state index contributed by atoms with van der Waals surface area (Å²) in [6.07, 6.45) is 14.1. The van der Waals surface area contributed by atoms with Crippen molar-refractivity contribution in [3.05, 3.63) is 0 Å². The Labute approximate surface area is 343 Å². The fraction of sp³-hybridized carbons (Fsp3) is 0.875. The van der Waals surface area contributed by atoms with Gasteiger partial charge >= 0.3 is 78.6 Å². The third-order valence-corrected chi connectivity index (χ3v) is 6.93. The molecule has 0 aliphatic rings. The van der Waals surface area contributed by atoms with E-state index in [4.69, 9.17) is 0 Å². The van der Waals surface area contributed by atoms with Gasteiger partial charge in [-0.25, -0.2) is 0 Å². The topological polar surface area (TPSA) is 275 Å². The number of carboxylic acid groups (broad SMARTS) is 4. The predicted octanol–water partition coefficient (Wildman–Crippen LogP) is 3.33. The van der Waals surface area contributed by atoms with Crippen molar-refractivity contribution in [2.24, 2.45) is 23.7 Å². The number of rotatable bonds is 20. The summed E-state index contributed by atoms with van der Waals surface area (Å²) in [5.41, 5.74) is 0. The van der Waals surface area contributed by atoms with Gasteiger partial charge < -0.3 is 61.5 Å². The van der Waals surface area contributed by atoms with Crippen LogP contribution in [-0.2, 0) is 120 Å². The largest absolute Gasteiger partial charge is 4.00 e. The van der Waals surface area contributed by atoms with Gasteiger partial charge in [0.25, 0.3) is 0 Å². The van der Waals surface area contributed by atoms with Crippen molar-refractivity contribution in [3.8, 4) is 0 Å². The van der Waals surface area contributed by atoms with E-state index in [0.717, 1.165) is 77.0 Å². The molecule has 0 bridgehead atoms. The standard InChI is InChI=1S/4C8H16O2.4O.3Zr/c4*1-3-5-6-7(4-2)8(9)10;;;;;;;/h4*7H,3-6H2,1-2H3,(H,9,10);;;;;;;/q;;;;4*-2;3*+4/p-4. The van der Waals surface area contributed by atoms with Gasteiger partial charge in [-0.3, -0.25) is 0 Å². The van der Waals surface area contributed by atoms with Crippen molar-refractivity contribution in [1.82, 2.24) is 0 Å². The van der Waals surface area contributed by atoms with Crippen LogP contribution in [0.3, 0.4) is 0 Å². The Morgan fingerprint density at radius 2 is 0.489 bits per heavy atom. The Morgan fingerprint density at radius 1 is 0.362 bits per heavy atom. The summed E-state index contributed by atoms with van der Waals surface area (Å²) in [6, 6.07) is 0. The minimum atomic E-state index is -0.893. The number of hydrogen-bond donors (Lipinski definition) is 0. The molecule has 0 fully saturated rings. The van der Waals surface area contributed by atoms with E-state index in [-0.39, 0.29) is 124 Å². The Morgan fingerprint density at radius 3 is 0.553 bits per heavy atom. The first kappa shape index (κ1) is 77.0. The van der Waals surface area contributed by atoms with Crippen molar-refractivity contribution >= 4 is 23.9 Å². The Hall–Kier alpha value is 0.369. The normalized spacial score (nSPS) is 11.1. The molecular weight excluding hydrogens is 850 g/mol. The molecule has 15 heteroatoms. The zero-order chi connectivity index (χ0) is 31.9. The zero-order valence-corrected chi connectivity index (χ0v) is 37.4. The third-order valence-electron chi connectivity index (χ3n) is 6.93. The molecule has 272 valence electrons. The van der Waals surface area contributed by atoms with Gasteiger partial charge in [0.2, 0.25) is 0 Å².